The number of carbonyl (C=O) groups excluding carboxylic acids is 4. The highest BCUT2D eigenvalue weighted by atomic mass is 31.2. The lowest BCUT2D eigenvalue weighted by Crippen LogP contribution is -2.30. The molecule has 0 rings (SSSR count). The molecule has 0 heterocycles. The monoisotopic (exact) mass is 1630 g/mol. The van der Waals surface area contributed by atoms with Gasteiger partial charge in [0.2, 0.25) is 0 Å². The summed E-state index contributed by atoms with van der Waals surface area (Å²) in [6, 6.07) is 0. The predicted molar refractivity (Wildman–Crippen MR) is 465 cm³/mol. The Labute approximate surface area is 689 Å². The molecule has 0 spiro atoms. The number of hydrogen-bond donors (Lipinski definition) is 3. The fourth-order valence-electron chi connectivity index (χ4n) is 14.7. The first-order chi connectivity index (χ1) is 54.5. The third-order valence-electron chi connectivity index (χ3n) is 22.0. The van der Waals surface area contributed by atoms with Crippen molar-refractivity contribution >= 4 is 39.5 Å². The van der Waals surface area contributed by atoms with Gasteiger partial charge in [-0.05, 0) is 31.6 Å². The third-order valence-corrected chi connectivity index (χ3v) is 23.9. The van der Waals surface area contributed by atoms with Crippen LogP contribution in [0, 0.1) is 5.92 Å². The SMILES string of the molecule is CCCCCCCCCCCCCCCCCCCCCCCC(=O)O[C@H](COC(=O)CCCCCCCCCCCCCCCCCCCCCC)COP(=O)(O)OC[C@@H](O)COP(=O)(O)OC[C@@H](COC(=O)CCCCCCCCCCCC(C)C)OC(=O)CCCCCCCCCCCCCCCCCCCCC. The van der Waals surface area contributed by atoms with Gasteiger partial charge in [0.15, 0.2) is 12.2 Å². The molecule has 666 valence electrons. The first-order valence-corrected chi connectivity index (χ1v) is 51.1. The van der Waals surface area contributed by atoms with Crippen LogP contribution in [-0.4, -0.2) is 96.7 Å². The van der Waals surface area contributed by atoms with Crippen LogP contribution in [0.25, 0.3) is 0 Å². The van der Waals surface area contributed by atoms with Crippen molar-refractivity contribution in [2.75, 3.05) is 39.6 Å². The van der Waals surface area contributed by atoms with Gasteiger partial charge in [0.25, 0.3) is 0 Å². The molecule has 3 N–H and O–H groups in total. The quantitative estimate of drug-likeness (QED) is 0.0222. The second kappa shape index (κ2) is 85.5. The summed E-state index contributed by atoms with van der Waals surface area (Å²) in [5.41, 5.74) is 0. The van der Waals surface area contributed by atoms with Crippen LogP contribution in [0.15, 0.2) is 0 Å². The molecular formula is C93H182O17P2. The number of unbranched alkanes of at least 4 members (excludes halogenated alkanes) is 65. The Morgan fingerprint density at radius 3 is 0.607 bits per heavy atom. The molecule has 0 aromatic carbocycles. The predicted octanol–water partition coefficient (Wildman–Crippen LogP) is 29.1. The van der Waals surface area contributed by atoms with E-state index in [1.54, 1.807) is 0 Å². The summed E-state index contributed by atoms with van der Waals surface area (Å²) in [5, 5.41) is 10.7. The molecule has 17 nitrogen and oxygen atoms in total. The van der Waals surface area contributed by atoms with Crippen LogP contribution in [0.3, 0.4) is 0 Å². The summed E-state index contributed by atoms with van der Waals surface area (Å²) in [6.45, 7) is 7.39. The first-order valence-electron chi connectivity index (χ1n) is 48.1. The van der Waals surface area contributed by atoms with E-state index in [1.165, 1.54) is 334 Å². The number of phosphoric ester groups is 2. The van der Waals surface area contributed by atoms with Crippen molar-refractivity contribution < 1.29 is 80.2 Å². The second-order valence-electron chi connectivity index (χ2n) is 33.9. The number of hydrogen-bond acceptors (Lipinski definition) is 15. The number of phosphoric acid groups is 2. The molecule has 0 aliphatic rings. The Bertz CT molecular complexity index is 2120. The molecule has 0 saturated heterocycles. The Kier molecular flexibility index (Phi) is 84.0. The summed E-state index contributed by atoms with van der Waals surface area (Å²) in [7, 11) is -9.94. The van der Waals surface area contributed by atoms with E-state index in [1.807, 2.05) is 0 Å². The minimum Gasteiger partial charge on any atom is -0.462 e. The zero-order valence-electron chi connectivity index (χ0n) is 73.8. The van der Waals surface area contributed by atoms with Gasteiger partial charge in [0.05, 0.1) is 26.4 Å². The minimum absolute atomic E-state index is 0.109. The molecule has 0 amide bonds. The number of aliphatic hydroxyl groups excluding tert-OH is 1. The highest BCUT2D eigenvalue weighted by Crippen LogP contribution is 2.45. The lowest BCUT2D eigenvalue weighted by Gasteiger charge is -2.21. The van der Waals surface area contributed by atoms with E-state index in [2.05, 4.69) is 34.6 Å². The van der Waals surface area contributed by atoms with Gasteiger partial charge in [-0.15, -0.1) is 0 Å². The van der Waals surface area contributed by atoms with Gasteiger partial charge in [-0.1, -0.05) is 458 Å². The van der Waals surface area contributed by atoms with Gasteiger partial charge in [-0.25, -0.2) is 9.13 Å². The molecule has 0 radical (unpaired) electrons. The van der Waals surface area contributed by atoms with Crippen molar-refractivity contribution in [2.24, 2.45) is 5.92 Å². The molecular weight excluding hydrogens is 1450 g/mol. The highest BCUT2D eigenvalue weighted by Gasteiger charge is 2.31. The first kappa shape index (κ1) is 110. The molecule has 0 fully saturated rings. The summed E-state index contributed by atoms with van der Waals surface area (Å²) in [4.78, 5) is 73.5. The van der Waals surface area contributed by atoms with Crippen molar-refractivity contribution in [3.63, 3.8) is 0 Å². The Morgan fingerprint density at radius 2 is 0.411 bits per heavy atom. The van der Waals surface area contributed by atoms with Gasteiger partial charge in [-0.2, -0.15) is 0 Å². The third kappa shape index (κ3) is 85.9. The lowest BCUT2D eigenvalue weighted by molar-refractivity contribution is -0.161. The average Bonchev–Trinajstić information content (AvgIpc) is 0.898. The Hall–Kier alpha value is -1.94. The smallest absolute Gasteiger partial charge is 0.462 e. The van der Waals surface area contributed by atoms with Gasteiger partial charge in [0.1, 0.15) is 19.3 Å². The van der Waals surface area contributed by atoms with Crippen LogP contribution in [0.5, 0.6) is 0 Å². The number of ether oxygens (including phenoxy) is 4. The highest BCUT2D eigenvalue weighted by molar-refractivity contribution is 7.47. The lowest BCUT2D eigenvalue weighted by atomic mass is 10.0. The summed E-state index contributed by atoms with van der Waals surface area (Å²) in [5.74, 6) is -1.35. The topological polar surface area (TPSA) is 237 Å². The largest absolute Gasteiger partial charge is 0.472 e. The average molecular weight is 1630 g/mol. The summed E-state index contributed by atoms with van der Waals surface area (Å²) < 4.78 is 69.1. The molecule has 112 heavy (non-hydrogen) atoms. The summed E-state index contributed by atoms with van der Waals surface area (Å²) in [6.07, 6.45) is 82.2. The van der Waals surface area contributed by atoms with E-state index in [0.29, 0.717) is 25.7 Å². The standard InChI is InChI=1S/C93H182O17P2/c1-6-9-12-15-18-21-24-27-30-33-36-38-41-44-47-50-53-58-64-69-74-78-92(97)109-88(82-103-90(95)76-71-66-61-56-51-48-45-42-40-37-34-31-28-25-22-19-16-13-10-7-2)84-107-111(99,100)105-80-87(94)81-106-112(101,102)108-85-89(83-104-91(96)77-72-67-62-59-54-55-60-65-70-75-86(4)5)110-93(98)79-73-68-63-57-52-49-46-43-39-35-32-29-26-23-20-17-14-11-8-3/h86-89,94H,6-85H2,1-5H3,(H,99,100)(H,101,102)/t87-,88-,89-/m1/s1. The molecule has 0 bridgehead atoms. The van der Waals surface area contributed by atoms with E-state index < -0.39 is 97.5 Å². The molecule has 0 saturated carbocycles. The minimum atomic E-state index is -4.97. The zero-order valence-corrected chi connectivity index (χ0v) is 75.6. The molecule has 0 aliphatic heterocycles. The van der Waals surface area contributed by atoms with Crippen LogP contribution < -0.4 is 0 Å². The maximum absolute atomic E-state index is 13.2. The van der Waals surface area contributed by atoms with Crippen LogP contribution in [0.2, 0.25) is 0 Å². The van der Waals surface area contributed by atoms with E-state index in [0.717, 1.165) is 95.8 Å². The number of carbonyl (C=O) groups is 4. The van der Waals surface area contributed by atoms with Crippen molar-refractivity contribution in [3.05, 3.63) is 0 Å². The maximum atomic E-state index is 13.2. The van der Waals surface area contributed by atoms with Crippen LogP contribution in [-0.2, 0) is 65.4 Å². The van der Waals surface area contributed by atoms with E-state index in [9.17, 15) is 43.2 Å². The Morgan fingerprint density at radius 1 is 0.241 bits per heavy atom. The second-order valence-corrected chi connectivity index (χ2v) is 36.8. The van der Waals surface area contributed by atoms with Gasteiger partial charge in [0, 0.05) is 25.7 Å². The number of aliphatic hydroxyl groups is 1. The molecule has 0 aromatic heterocycles. The van der Waals surface area contributed by atoms with Gasteiger partial charge >= 0.3 is 39.5 Å². The maximum Gasteiger partial charge on any atom is 0.472 e. The summed E-state index contributed by atoms with van der Waals surface area (Å²) >= 11 is 0. The molecule has 0 aliphatic carbocycles. The number of rotatable bonds is 93. The molecule has 19 heteroatoms. The van der Waals surface area contributed by atoms with Crippen molar-refractivity contribution in [2.45, 2.75) is 528 Å². The fourth-order valence-corrected chi connectivity index (χ4v) is 16.3. The van der Waals surface area contributed by atoms with Crippen LogP contribution >= 0.6 is 15.6 Å². The Balaban J connectivity index is 5.24. The molecule has 5 atom stereocenters. The zero-order chi connectivity index (χ0) is 81.8. The molecule has 0 aromatic rings. The van der Waals surface area contributed by atoms with E-state index >= 15 is 0 Å². The number of esters is 4. The van der Waals surface area contributed by atoms with Crippen molar-refractivity contribution in [3.8, 4) is 0 Å². The van der Waals surface area contributed by atoms with Crippen LogP contribution in [0.4, 0.5) is 0 Å². The van der Waals surface area contributed by atoms with Crippen LogP contribution in [0.1, 0.15) is 510 Å². The van der Waals surface area contributed by atoms with Crippen molar-refractivity contribution in [1.29, 1.82) is 0 Å². The fraction of sp³-hybridized carbons (Fsp3) is 0.957. The molecule has 2 unspecified atom stereocenters. The van der Waals surface area contributed by atoms with E-state index in [4.69, 9.17) is 37.0 Å². The van der Waals surface area contributed by atoms with E-state index in [-0.39, 0.29) is 25.7 Å². The van der Waals surface area contributed by atoms with Crippen molar-refractivity contribution in [1.82, 2.24) is 0 Å². The van der Waals surface area contributed by atoms with Gasteiger partial charge < -0.3 is 33.8 Å². The normalized spacial score (nSPS) is 13.7. The van der Waals surface area contributed by atoms with Gasteiger partial charge in [-0.3, -0.25) is 37.3 Å².